The second-order valence-corrected chi connectivity index (χ2v) is 4.05. The molecule has 0 saturated carbocycles. The van der Waals surface area contributed by atoms with E-state index in [0.717, 1.165) is 11.3 Å². The fourth-order valence-corrected chi connectivity index (χ4v) is 1.84. The molecule has 2 rings (SSSR count). The molecule has 4 nitrogen and oxygen atoms in total. The summed E-state index contributed by atoms with van der Waals surface area (Å²) in [4.78, 5) is 14.4. The van der Waals surface area contributed by atoms with E-state index in [1.54, 1.807) is 23.9 Å². The summed E-state index contributed by atoms with van der Waals surface area (Å²) in [6, 6.07) is 7.40. The van der Waals surface area contributed by atoms with Gasteiger partial charge in [-0.25, -0.2) is 4.79 Å². The van der Waals surface area contributed by atoms with Crippen LogP contribution in [0.25, 0.3) is 11.3 Å². The summed E-state index contributed by atoms with van der Waals surface area (Å²) < 4.78 is 6.51. The highest BCUT2D eigenvalue weighted by Gasteiger charge is 2.07. The van der Waals surface area contributed by atoms with E-state index in [2.05, 4.69) is 4.98 Å². The zero-order valence-electron chi connectivity index (χ0n) is 9.44. The van der Waals surface area contributed by atoms with Crippen molar-refractivity contribution in [2.24, 2.45) is 0 Å². The highest BCUT2D eigenvalue weighted by atomic mass is 35.5. The van der Waals surface area contributed by atoms with Crippen molar-refractivity contribution in [3.63, 3.8) is 0 Å². The molecule has 0 atom stereocenters. The minimum Gasteiger partial charge on any atom is -0.383 e. The lowest BCUT2D eigenvalue weighted by molar-refractivity contribution is 0.186. The first kappa shape index (κ1) is 12.0. The number of ether oxygens (including phenoxy) is 1. The number of nitrogens with zero attached hydrogens (tertiary/aromatic N) is 1. The SMILES string of the molecule is COCCn1cc(-c2ccccc2Cl)[nH]c1=O. The van der Waals surface area contributed by atoms with Crippen molar-refractivity contribution in [3.05, 3.63) is 46.0 Å². The topological polar surface area (TPSA) is 47.0 Å². The van der Waals surface area contributed by atoms with Crippen LogP contribution in [0.4, 0.5) is 0 Å². The lowest BCUT2D eigenvalue weighted by Crippen LogP contribution is -2.18. The zero-order valence-corrected chi connectivity index (χ0v) is 10.2. The summed E-state index contributed by atoms with van der Waals surface area (Å²) >= 11 is 6.07. The summed E-state index contributed by atoms with van der Waals surface area (Å²) in [5.41, 5.74) is 1.39. The molecular formula is C12H13ClN2O2. The van der Waals surface area contributed by atoms with E-state index in [0.29, 0.717) is 18.2 Å². The standard InChI is InChI=1S/C12H13ClN2O2/c1-17-7-6-15-8-11(14-12(15)16)9-4-2-3-5-10(9)13/h2-5,8H,6-7H2,1H3,(H,14,16). The highest BCUT2D eigenvalue weighted by molar-refractivity contribution is 6.33. The third-order valence-electron chi connectivity index (χ3n) is 2.49. The Labute approximate surface area is 104 Å². The molecule has 1 aromatic carbocycles. The largest absolute Gasteiger partial charge is 0.383 e. The molecule has 0 bridgehead atoms. The summed E-state index contributed by atoms with van der Waals surface area (Å²) in [6.07, 6.45) is 1.75. The van der Waals surface area contributed by atoms with Crippen molar-refractivity contribution < 1.29 is 4.74 Å². The number of nitrogens with one attached hydrogen (secondary N) is 1. The molecule has 0 aliphatic carbocycles. The predicted octanol–water partition coefficient (Wildman–Crippen LogP) is 2.14. The van der Waals surface area contributed by atoms with E-state index in [4.69, 9.17) is 16.3 Å². The van der Waals surface area contributed by atoms with Gasteiger partial charge in [0.1, 0.15) is 0 Å². The molecular weight excluding hydrogens is 240 g/mol. The van der Waals surface area contributed by atoms with Gasteiger partial charge in [0, 0.05) is 23.9 Å². The first-order valence-electron chi connectivity index (χ1n) is 5.25. The van der Waals surface area contributed by atoms with Gasteiger partial charge in [-0.2, -0.15) is 0 Å². The number of aromatic nitrogens is 2. The molecule has 0 fully saturated rings. The van der Waals surface area contributed by atoms with Gasteiger partial charge in [-0.1, -0.05) is 29.8 Å². The first-order valence-corrected chi connectivity index (χ1v) is 5.63. The smallest absolute Gasteiger partial charge is 0.326 e. The fourth-order valence-electron chi connectivity index (χ4n) is 1.61. The van der Waals surface area contributed by atoms with Crippen molar-refractivity contribution in [2.75, 3.05) is 13.7 Å². The molecule has 0 aliphatic rings. The number of benzene rings is 1. The molecule has 1 heterocycles. The Kier molecular flexibility index (Phi) is 3.66. The number of hydrogen-bond donors (Lipinski definition) is 1. The lowest BCUT2D eigenvalue weighted by Gasteiger charge is -2.00. The number of methoxy groups -OCH3 is 1. The maximum absolute atomic E-state index is 11.6. The van der Waals surface area contributed by atoms with Crippen LogP contribution in [-0.2, 0) is 11.3 Å². The molecule has 0 saturated heterocycles. The van der Waals surface area contributed by atoms with Crippen molar-refractivity contribution in [3.8, 4) is 11.3 Å². The molecule has 17 heavy (non-hydrogen) atoms. The molecule has 0 unspecified atom stereocenters. The Bertz CT molecular complexity index is 560. The van der Waals surface area contributed by atoms with E-state index in [1.807, 2.05) is 18.2 Å². The zero-order chi connectivity index (χ0) is 12.3. The van der Waals surface area contributed by atoms with Crippen LogP contribution in [0.1, 0.15) is 0 Å². The van der Waals surface area contributed by atoms with Gasteiger partial charge in [0.15, 0.2) is 0 Å². The molecule has 0 amide bonds. The Morgan fingerprint density at radius 1 is 1.41 bits per heavy atom. The molecule has 1 N–H and O–H groups in total. The molecule has 5 heteroatoms. The first-order chi connectivity index (χ1) is 8.22. The van der Waals surface area contributed by atoms with Crippen molar-refractivity contribution >= 4 is 11.6 Å². The predicted molar refractivity (Wildman–Crippen MR) is 67.4 cm³/mol. The van der Waals surface area contributed by atoms with Crippen molar-refractivity contribution in [1.82, 2.24) is 9.55 Å². The van der Waals surface area contributed by atoms with Crippen LogP contribution in [0, 0.1) is 0 Å². The third-order valence-corrected chi connectivity index (χ3v) is 2.82. The van der Waals surface area contributed by atoms with Crippen LogP contribution in [0.5, 0.6) is 0 Å². The quantitative estimate of drug-likeness (QED) is 0.906. The van der Waals surface area contributed by atoms with Crippen LogP contribution in [0.3, 0.4) is 0 Å². The van der Waals surface area contributed by atoms with Crippen LogP contribution >= 0.6 is 11.6 Å². The van der Waals surface area contributed by atoms with Crippen LogP contribution in [-0.4, -0.2) is 23.3 Å². The average molecular weight is 253 g/mol. The Balaban J connectivity index is 2.35. The van der Waals surface area contributed by atoms with Crippen LogP contribution in [0.2, 0.25) is 5.02 Å². The fraction of sp³-hybridized carbons (Fsp3) is 0.250. The van der Waals surface area contributed by atoms with E-state index in [1.165, 1.54) is 0 Å². The van der Waals surface area contributed by atoms with Gasteiger partial charge < -0.3 is 9.72 Å². The van der Waals surface area contributed by atoms with Gasteiger partial charge in [-0.05, 0) is 6.07 Å². The summed E-state index contributed by atoms with van der Waals surface area (Å²) in [7, 11) is 1.60. The third kappa shape index (κ3) is 2.60. The minimum absolute atomic E-state index is 0.156. The molecule has 2 aromatic rings. The average Bonchev–Trinajstić information content (AvgIpc) is 2.68. The number of hydrogen-bond acceptors (Lipinski definition) is 2. The van der Waals surface area contributed by atoms with Gasteiger partial charge in [-0.3, -0.25) is 4.57 Å². The monoisotopic (exact) mass is 252 g/mol. The maximum Gasteiger partial charge on any atom is 0.326 e. The van der Waals surface area contributed by atoms with E-state index in [9.17, 15) is 4.79 Å². The second kappa shape index (κ2) is 5.21. The van der Waals surface area contributed by atoms with Crippen LogP contribution < -0.4 is 5.69 Å². The number of H-pyrrole nitrogens is 1. The lowest BCUT2D eigenvalue weighted by atomic mass is 10.2. The number of imidazole rings is 1. The molecule has 0 aliphatic heterocycles. The Hall–Kier alpha value is -1.52. The summed E-state index contributed by atoms with van der Waals surface area (Å²) in [5.74, 6) is 0. The molecule has 90 valence electrons. The number of aromatic amines is 1. The second-order valence-electron chi connectivity index (χ2n) is 3.64. The number of halogens is 1. The molecule has 0 spiro atoms. The van der Waals surface area contributed by atoms with E-state index in [-0.39, 0.29) is 5.69 Å². The van der Waals surface area contributed by atoms with Gasteiger partial charge in [-0.15, -0.1) is 0 Å². The van der Waals surface area contributed by atoms with Gasteiger partial charge in [0.2, 0.25) is 0 Å². The van der Waals surface area contributed by atoms with E-state index >= 15 is 0 Å². The van der Waals surface area contributed by atoms with Gasteiger partial charge in [0.05, 0.1) is 18.8 Å². The normalized spacial score (nSPS) is 10.7. The Morgan fingerprint density at radius 2 is 2.18 bits per heavy atom. The number of rotatable bonds is 4. The van der Waals surface area contributed by atoms with Crippen molar-refractivity contribution in [2.45, 2.75) is 6.54 Å². The summed E-state index contributed by atoms with van der Waals surface area (Å²) in [5, 5.41) is 0.618. The minimum atomic E-state index is -0.156. The van der Waals surface area contributed by atoms with Crippen molar-refractivity contribution in [1.29, 1.82) is 0 Å². The van der Waals surface area contributed by atoms with E-state index < -0.39 is 0 Å². The maximum atomic E-state index is 11.6. The molecule has 0 radical (unpaired) electrons. The summed E-state index contributed by atoms with van der Waals surface area (Å²) in [6.45, 7) is 1.02. The van der Waals surface area contributed by atoms with Gasteiger partial charge >= 0.3 is 5.69 Å². The van der Waals surface area contributed by atoms with Gasteiger partial charge in [0.25, 0.3) is 0 Å². The Morgan fingerprint density at radius 3 is 2.88 bits per heavy atom. The molecule has 1 aromatic heterocycles. The van der Waals surface area contributed by atoms with Crippen LogP contribution in [0.15, 0.2) is 35.3 Å². The highest BCUT2D eigenvalue weighted by Crippen LogP contribution is 2.24.